The lowest BCUT2D eigenvalue weighted by Crippen LogP contribution is -1.97. The van der Waals surface area contributed by atoms with E-state index >= 15 is 0 Å². The quantitative estimate of drug-likeness (QED) is 0.655. The second-order valence-electron chi connectivity index (χ2n) is 3.58. The van der Waals surface area contributed by atoms with Crippen molar-refractivity contribution < 1.29 is 4.74 Å². The van der Waals surface area contributed by atoms with E-state index in [0.29, 0.717) is 26.1 Å². The van der Waals surface area contributed by atoms with Crippen molar-refractivity contribution in [1.82, 2.24) is 4.98 Å². The third-order valence-corrected chi connectivity index (χ3v) is 3.07. The maximum Gasteiger partial charge on any atom is 0.220 e. The highest BCUT2D eigenvalue weighted by atomic mass is 127. The SMILES string of the molecule is N#Cc1ccnc(Oc2c(N)cc(C#N)cc2I)c1. The van der Waals surface area contributed by atoms with Crippen LogP contribution in [-0.4, -0.2) is 4.98 Å². The molecule has 0 aliphatic heterocycles. The van der Waals surface area contributed by atoms with Crippen molar-refractivity contribution in [2.45, 2.75) is 0 Å². The zero-order valence-corrected chi connectivity index (χ0v) is 11.7. The highest BCUT2D eigenvalue weighted by Gasteiger charge is 2.10. The number of nitrogens with two attached hydrogens (primary N) is 1. The third-order valence-electron chi connectivity index (χ3n) is 2.27. The maximum atomic E-state index is 8.84. The van der Waals surface area contributed by atoms with Gasteiger partial charge >= 0.3 is 0 Å². The van der Waals surface area contributed by atoms with Gasteiger partial charge in [0.25, 0.3) is 0 Å². The van der Waals surface area contributed by atoms with Crippen molar-refractivity contribution in [1.29, 1.82) is 10.5 Å². The number of benzene rings is 1. The number of aromatic nitrogens is 1. The number of hydrogen-bond donors (Lipinski definition) is 1. The molecule has 0 spiro atoms. The molecule has 6 heteroatoms. The van der Waals surface area contributed by atoms with Crippen molar-refractivity contribution in [2.24, 2.45) is 0 Å². The number of pyridine rings is 1. The molecule has 0 aliphatic carbocycles. The summed E-state index contributed by atoms with van der Waals surface area (Å²) in [6, 6.07) is 10.3. The van der Waals surface area contributed by atoms with Gasteiger partial charge in [-0.2, -0.15) is 10.5 Å². The molecule has 0 radical (unpaired) electrons. The van der Waals surface area contributed by atoms with Gasteiger partial charge in [-0.3, -0.25) is 0 Å². The van der Waals surface area contributed by atoms with Gasteiger partial charge < -0.3 is 10.5 Å². The van der Waals surface area contributed by atoms with Crippen LogP contribution < -0.4 is 10.5 Å². The summed E-state index contributed by atoms with van der Waals surface area (Å²) >= 11 is 2.03. The summed E-state index contributed by atoms with van der Waals surface area (Å²) in [6.07, 6.45) is 1.49. The first-order valence-electron chi connectivity index (χ1n) is 5.17. The van der Waals surface area contributed by atoms with E-state index in [1.165, 1.54) is 18.3 Å². The summed E-state index contributed by atoms with van der Waals surface area (Å²) in [4.78, 5) is 4.01. The van der Waals surface area contributed by atoms with Crippen LogP contribution in [0.3, 0.4) is 0 Å². The van der Waals surface area contributed by atoms with E-state index in [0.717, 1.165) is 0 Å². The first-order chi connectivity index (χ1) is 9.13. The predicted molar refractivity (Wildman–Crippen MR) is 77.3 cm³/mol. The fraction of sp³-hybridized carbons (Fsp3) is 0. The van der Waals surface area contributed by atoms with E-state index < -0.39 is 0 Å². The van der Waals surface area contributed by atoms with Crippen molar-refractivity contribution in [3.05, 3.63) is 45.2 Å². The Bertz CT molecular complexity index is 692. The molecule has 2 rings (SSSR count). The summed E-state index contributed by atoms with van der Waals surface area (Å²) in [5.74, 6) is 0.718. The fourth-order valence-electron chi connectivity index (χ4n) is 1.43. The summed E-state index contributed by atoms with van der Waals surface area (Å²) in [7, 11) is 0. The molecule has 1 aromatic heterocycles. The third kappa shape index (κ3) is 2.92. The van der Waals surface area contributed by atoms with Crippen molar-refractivity contribution in [3.63, 3.8) is 0 Å². The fourth-order valence-corrected chi connectivity index (χ4v) is 2.18. The molecule has 0 fully saturated rings. The predicted octanol–water partition coefficient (Wildman–Crippen LogP) is 2.80. The number of anilines is 1. The van der Waals surface area contributed by atoms with Crippen LogP contribution in [0.1, 0.15) is 11.1 Å². The first-order valence-corrected chi connectivity index (χ1v) is 6.25. The lowest BCUT2D eigenvalue weighted by atomic mass is 10.2. The van der Waals surface area contributed by atoms with Crippen LogP contribution in [0.4, 0.5) is 5.69 Å². The van der Waals surface area contributed by atoms with Gasteiger partial charge in [-0.15, -0.1) is 0 Å². The maximum absolute atomic E-state index is 8.84. The van der Waals surface area contributed by atoms with E-state index in [4.69, 9.17) is 21.0 Å². The number of ether oxygens (including phenoxy) is 1. The summed E-state index contributed by atoms with van der Waals surface area (Å²) < 4.78 is 6.28. The van der Waals surface area contributed by atoms with Gasteiger partial charge in [0.05, 0.1) is 32.5 Å². The number of halogens is 1. The Balaban J connectivity index is 2.39. The van der Waals surface area contributed by atoms with Gasteiger partial charge in [-0.25, -0.2) is 4.98 Å². The van der Waals surface area contributed by atoms with Gasteiger partial charge in [0.2, 0.25) is 5.88 Å². The molecular weight excluding hydrogens is 355 g/mol. The molecule has 92 valence electrons. The van der Waals surface area contributed by atoms with Crippen LogP contribution in [-0.2, 0) is 0 Å². The molecule has 0 saturated heterocycles. The highest BCUT2D eigenvalue weighted by molar-refractivity contribution is 14.1. The molecule has 1 aromatic carbocycles. The van der Waals surface area contributed by atoms with Crippen LogP contribution in [0.15, 0.2) is 30.5 Å². The van der Waals surface area contributed by atoms with E-state index in [-0.39, 0.29) is 5.88 Å². The molecule has 0 saturated carbocycles. The van der Waals surface area contributed by atoms with Gasteiger partial charge in [0.15, 0.2) is 5.75 Å². The zero-order chi connectivity index (χ0) is 13.8. The Hall–Kier alpha value is -2.32. The molecule has 5 nitrogen and oxygen atoms in total. The van der Waals surface area contributed by atoms with Gasteiger partial charge in [-0.05, 0) is 40.8 Å². The Morgan fingerprint density at radius 3 is 2.53 bits per heavy atom. The van der Waals surface area contributed by atoms with E-state index in [1.807, 2.05) is 34.7 Å². The molecule has 2 aromatic rings. The van der Waals surface area contributed by atoms with E-state index in [1.54, 1.807) is 12.1 Å². The van der Waals surface area contributed by atoms with Gasteiger partial charge in [0.1, 0.15) is 0 Å². The normalized spacial score (nSPS) is 9.42. The smallest absolute Gasteiger partial charge is 0.220 e. The lowest BCUT2D eigenvalue weighted by molar-refractivity contribution is 0.462. The van der Waals surface area contributed by atoms with Crippen molar-refractivity contribution in [3.8, 4) is 23.8 Å². The minimum absolute atomic E-state index is 0.286. The second-order valence-corrected chi connectivity index (χ2v) is 4.75. The van der Waals surface area contributed by atoms with Crippen LogP contribution in [0.2, 0.25) is 0 Å². The zero-order valence-electron chi connectivity index (χ0n) is 9.59. The Labute approximate surface area is 123 Å². The molecule has 2 N–H and O–H groups in total. The Morgan fingerprint density at radius 1 is 1.16 bits per heavy atom. The molecular formula is C13H7IN4O. The number of rotatable bonds is 2. The number of nitrogen functional groups attached to an aromatic ring is 1. The van der Waals surface area contributed by atoms with Crippen LogP contribution in [0, 0.1) is 26.2 Å². The molecule has 0 unspecified atom stereocenters. The van der Waals surface area contributed by atoms with E-state index in [9.17, 15) is 0 Å². The average molecular weight is 362 g/mol. The van der Waals surface area contributed by atoms with Crippen LogP contribution >= 0.6 is 22.6 Å². The molecule has 0 bridgehead atoms. The molecule has 1 heterocycles. The second kappa shape index (κ2) is 5.55. The van der Waals surface area contributed by atoms with Crippen molar-refractivity contribution >= 4 is 28.3 Å². The Morgan fingerprint density at radius 2 is 1.89 bits per heavy atom. The topological polar surface area (TPSA) is 95.7 Å². The summed E-state index contributed by atoms with van der Waals surface area (Å²) in [5.41, 5.74) is 7.11. The largest absolute Gasteiger partial charge is 0.436 e. The first kappa shape index (κ1) is 13.1. The molecule has 0 amide bonds. The highest BCUT2D eigenvalue weighted by Crippen LogP contribution is 2.32. The van der Waals surface area contributed by atoms with Crippen molar-refractivity contribution in [2.75, 3.05) is 5.73 Å². The molecule has 0 atom stereocenters. The summed E-state index contributed by atoms with van der Waals surface area (Å²) in [5, 5.41) is 17.6. The summed E-state index contributed by atoms with van der Waals surface area (Å²) in [6.45, 7) is 0. The number of nitrogens with zero attached hydrogens (tertiary/aromatic N) is 3. The number of nitriles is 2. The van der Waals surface area contributed by atoms with E-state index in [2.05, 4.69) is 4.98 Å². The standard InChI is InChI=1S/C13H7IN4O/c14-10-3-9(7-16)4-11(17)13(10)19-12-5-8(6-15)1-2-18-12/h1-5H,17H2. The lowest BCUT2D eigenvalue weighted by Gasteiger charge is -2.10. The molecule has 19 heavy (non-hydrogen) atoms. The minimum atomic E-state index is 0.286. The molecule has 0 aliphatic rings. The monoisotopic (exact) mass is 362 g/mol. The number of hydrogen-bond acceptors (Lipinski definition) is 5. The average Bonchev–Trinajstić information content (AvgIpc) is 2.42. The van der Waals surface area contributed by atoms with Crippen LogP contribution in [0.25, 0.3) is 0 Å². The van der Waals surface area contributed by atoms with Gasteiger partial charge in [-0.1, -0.05) is 0 Å². The Kier molecular flexibility index (Phi) is 3.83. The minimum Gasteiger partial charge on any atom is -0.436 e. The van der Waals surface area contributed by atoms with Gasteiger partial charge in [0, 0.05) is 12.3 Å². The van der Waals surface area contributed by atoms with Crippen LogP contribution in [0.5, 0.6) is 11.6 Å².